The predicted octanol–water partition coefficient (Wildman–Crippen LogP) is 4.14. The summed E-state index contributed by atoms with van der Waals surface area (Å²) in [5.41, 5.74) is 2.77. The van der Waals surface area contributed by atoms with Crippen LogP contribution in [0.2, 0.25) is 0 Å². The van der Waals surface area contributed by atoms with Crippen molar-refractivity contribution in [3.05, 3.63) is 36.0 Å². The van der Waals surface area contributed by atoms with Gasteiger partial charge in [0.25, 0.3) is 0 Å². The van der Waals surface area contributed by atoms with Crippen molar-refractivity contribution in [2.24, 2.45) is 5.92 Å². The van der Waals surface area contributed by atoms with Gasteiger partial charge in [-0.05, 0) is 35.7 Å². The van der Waals surface area contributed by atoms with E-state index in [1.165, 1.54) is 28.1 Å². The molecule has 0 atom stereocenters. The Morgan fingerprint density at radius 1 is 1.25 bits per heavy atom. The van der Waals surface area contributed by atoms with Gasteiger partial charge in [-0.3, -0.25) is 0 Å². The van der Waals surface area contributed by atoms with Crippen LogP contribution < -0.4 is 5.32 Å². The van der Waals surface area contributed by atoms with Crippen LogP contribution in [0.3, 0.4) is 0 Å². The maximum absolute atomic E-state index is 3.57. The van der Waals surface area contributed by atoms with Gasteiger partial charge < -0.3 is 9.88 Å². The summed E-state index contributed by atoms with van der Waals surface area (Å²) in [6.07, 6.45) is 0. The molecule has 1 aromatic heterocycles. The first-order chi connectivity index (χ1) is 9.72. The molecule has 1 N–H and O–H groups in total. The average molecular weight is 290 g/mol. The molecule has 0 aliphatic carbocycles. The van der Waals surface area contributed by atoms with E-state index in [0.29, 0.717) is 5.92 Å². The minimum absolute atomic E-state index is 0.698. The Hall–Kier alpha value is -0.930. The summed E-state index contributed by atoms with van der Waals surface area (Å²) < 4.78 is 2.48. The van der Waals surface area contributed by atoms with Gasteiger partial charge in [0.1, 0.15) is 0 Å². The molecule has 2 aromatic rings. The van der Waals surface area contributed by atoms with Gasteiger partial charge in [-0.25, -0.2) is 0 Å². The fourth-order valence-electron chi connectivity index (χ4n) is 2.47. The molecule has 0 aliphatic rings. The summed E-state index contributed by atoms with van der Waals surface area (Å²) in [6, 6.07) is 11.0. The second kappa shape index (κ2) is 7.75. The molecule has 0 saturated carbocycles. The molecule has 1 aromatic carbocycles. The summed E-state index contributed by atoms with van der Waals surface area (Å²) in [7, 11) is 0. The number of thioether (sulfide) groups is 1. The van der Waals surface area contributed by atoms with Crippen molar-refractivity contribution >= 4 is 22.7 Å². The van der Waals surface area contributed by atoms with Crippen molar-refractivity contribution in [1.82, 2.24) is 9.88 Å². The first-order valence-corrected chi connectivity index (χ1v) is 8.73. The van der Waals surface area contributed by atoms with Gasteiger partial charge >= 0.3 is 0 Å². The Kier molecular flexibility index (Phi) is 5.99. The lowest BCUT2D eigenvalue weighted by molar-refractivity contribution is 0.539. The van der Waals surface area contributed by atoms with Crippen LogP contribution in [0.1, 0.15) is 26.5 Å². The highest BCUT2D eigenvalue weighted by Gasteiger charge is 2.08. The number of aromatic nitrogens is 1. The highest BCUT2D eigenvalue weighted by Crippen LogP contribution is 2.20. The lowest BCUT2D eigenvalue weighted by Gasteiger charge is -2.12. The van der Waals surface area contributed by atoms with E-state index in [1.807, 2.05) is 11.8 Å². The highest BCUT2D eigenvalue weighted by atomic mass is 32.2. The van der Waals surface area contributed by atoms with Crippen molar-refractivity contribution < 1.29 is 0 Å². The minimum Gasteiger partial charge on any atom is -0.342 e. The molecule has 0 saturated heterocycles. The Balaban J connectivity index is 2.15. The molecule has 2 rings (SSSR count). The largest absolute Gasteiger partial charge is 0.342 e. The van der Waals surface area contributed by atoms with Crippen LogP contribution in [-0.4, -0.2) is 22.6 Å². The lowest BCUT2D eigenvalue weighted by Crippen LogP contribution is -2.21. The van der Waals surface area contributed by atoms with Crippen molar-refractivity contribution in [3.63, 3.8) is 0 Å². The summed E-state index contributed by atoms with van der Waals surface area (Å²) >= 11 is 2.01. The lowest BCUT2D eigenvalue weighted by atomic mass is 10.2. The standard InChI is InChI=1S/C17H26N2S/c1-4-20-10-9-19-16(13-18-12-14(2)3)11-15-7-5-6-8-17(15)19/h5-8,11,14,18H,4,9-10,12-13H2,1-3H3. The molecule has 0 unspecified atom stereocenters. The fraction of sp³-hybridized carbons (Fsp3) is 0.529. The zero-order valence-corrected chi connectivity index (χ0v) is 13.7. The van der Waals surface area contributed by atoms with E-state index < -0.39 is 0 Å². The molecule has 0 fully saturated rings. The van der Waals surface area contributed by atoms with Crippen molar-refractivity contribution in [2.75, 3.05) is 18.1 Å². The van der Waals surface area contributed by atoms with Gasteiger partial charge in [-0.1, -0.05) is 39.0 Å². The van der Waals surface area contributed by atoms with Gasteiger partial charge in [-0.15, -0.1) is 0 Å². The Morgan fingerprint density at radius 3 is 2.80 bits per heavy atom. The third-order valence-electron chi connectivity index (χ3n) is 3.42. The third-order valence-corrected chi connectivity index (χ3v) is 4.30. The number of nitrogens with zero attached hydrogens (tertiary/aromatic N) is 1. The van der Waals surface area contributed by atoms with Gasteiger partial charge in [0, 0.05) is 30.1 Å². The van der Waals surface area contributed by atoms with Crippen molar-refractivity contribution in [2.45, 2.75) is 33.9 Å². The van der Waals surface area contributed by atoms with Crippen LogP contribution in [0.4, 0.5) is 0 Å². The van der Waals surface area contributed by atoms with Gasteiger partial charge in [0.05, 0.1) is 0 Å². The van der Waals surface area contributed by atoms with Crippen molar-refractivity contribution in [3.8, 4) is 0 Å². The molecule has 0 radical (unpaired) electrons. The average Bonchev–Trinajstić information content (AvgIpc) is 2.77. The second-order valence-electron chi connectivity index (χ2n) is 5.57. The van der Waals surface area contributed by atoms with Gasteiger partial charge in [-0.2, -0.15) is 11.8 Å². The molecule has 3 heteroatoms. The first kappa shape index (κ1) is 15.5. The molecule has 1 heterocycles. The van der Waals surface area contributed by atoms with Gasteiger partial charge in [0.2, 0.25) is 0 Å². The quantitative estimate of drug-likeness (QED) is 0.736. The van der Waals surface area contributed by atoms with Crippen LogP contribution in [0.25, 0.3) is 10.9 Å². The topological polar surface area (TPSA) is 17.0 Å². The number of aryl methyl sites for hydroxylation is 1. The zero-order valence-electron chi connectivity index (χ0n) is 12.9. The van der Waals surface area contributed by atoms with Crippen LogP contribution in [0.5, 0.6) is 0 Å². The molecule has 0 amide bonds. The number of fused-ring (bicyclic) bond motifs is 1. The number of para-hydroxylation sites is 1. The Morgan fingerprint density at radius 2 is 2.05 bits per heavy atom. The molecule has 0 spiro atoms. The smallest absolute Gasteiger partial charge is 0.0483 e. The molecular formula is C17H26N2S. The van der Waals surface area contributed by atoms with Crippen LogP contribution >= 0.6 is 11.8 Å². The number of benzene rings is 1. The highest BCUT2D eigenvalue weighted by molar-refractivity contribution is 7.99. The predicted molar refractivity (Wildman–Crippen MR) is 91.5 cm³/mol. The maximum Gasteiger partial charge on any atom is 0.0483 e. The summed E-state index contributed by atoms with van der Waals surface area (Å²) in [5.74, 6) is 3.08. The van der Waals surface area contributed by atoms with E-state index in [1.54, 1.807) is 0 Å². The van der Waals surface area contributed by atoms with E-state index in [0.717, 1.165) is 19.6 Å². The van der Waals surface area contributed by atoms with Crippen LogP contribution in [0, 0.1) is 5.92 Å². The van der Waals surface area contributed by atoms with E-state index >= 15 is 0 Å². The molecular weight excluding hydrogens is 264 g/mol. The van der Waals surface area contributed by atoms with E-state index in [2.05, 4.69) is 61.0 Å². The number of nitrogens with one attached hydrogen (secondary N) is 1. The monoisotopic (exact) mass is 290 g/mol. The van der Waals surface area contributed by atoms with E-state index in [9.17, 15) is 0 Å². The van der Waals surface area contributed by atoms with Crippen LogP contribution in [-0.2, 0) is 13.1 Å². The molecule has 0 bridgehead atoms. The number of hydrogen-bond acceptors (Lipinski definition) is 2. The zero-order chi connectivity index (χ0) is 14.4. The Bertz CT molecular complexity index is 531. The van der Waals surface area contributed by atoms with Crippen molar-refractivity contribution in [1.29, 1.82) is 0 Å². The normalized spacial score (nSPS) is 11.6. The summed E-state index contributed by atoms with van der Waals surface area (Å²) in [6.45, 7) is 9.87. The molecule has 2 nitrogen and oxygen atoms in total. The Labute approximate surface area is 126 Å². The summed E-state index contributed by atoms with van der Waals surface area (Å²) in [4.78, 5) is 0. The number of rotatable bonds is 8. The maximum atomic E-state index is 3.57. The van der Waals surface area contributed by atoms with E-state index in [4.69, 9.17) is 0 Å². The second-order valence-corrected chi connectivity index (χ2v) is 6.96. The molecule has 0 aliphatic heterocycles. The molecule has 20 heavy (non-hydrogen) atoms. The third kappa shape index (κ3) is 4.03. The minimum atomic E-state index is 0.698. The van der Waals surface area contributed by atoms with E-state index in [-0.39, 0.29) is 0 Å². The SMILES string of the molecule is CCSCCn1c(CNCC(C)C)cc2ccccc21. The molecule has 110 valence electrons. The first-order valence-electron chi connectivity index (χ1n) is 7.58. The van der Waals surface area contributed by atoms with Crippen LogP contribution in [0.15, 0.2) is 30.3 Å². The summed E-state index contributed by atoms with van der Waals surface area (Å²) in [5, 5.41) is 4.92. The number of hydrogen-bond donors (Lipinski definition) is 1. The fourth-order valence-corrected chi connectivity index (χ4v) is 3.07. The van der Waals surface area contributed by atoms with Gasteiger partial charge in [0.15, 0.2) is 0 Å².